The Morgan fingerprint density at radius 2 is 1.87 bits per heavy atom. The highest BCUT2D eigenvalue weighted by atomic mass is 35.5. The lowest BCUT2D eigenvalue weighted by Crippen LogP contribution is -2.18. The monoisotopic (exact) mass is 328 g/mol. The van der Waals surface area contributed by atoms with Crippen LogP contribution in [0.4, 0.5) is 0 Å². The summed E-state index contributed by atoms with van der Waals surface area (Å²) in [6.07, 6.45) is 0.184. The summed E-state index contributed by atoms with van der Waals surface area (Å²) in [5, 5.41) is 22.0. The minimum Gasteiger partial charge on any atom is -0.493 e. The Balaban J connectivity index is 1.81. The van der Waals surface area contributed by atoms with E-state index in [4.69, 9.17) is 16.3 Å². The molecule has 0 saturated heterocycles. The molecule has 0 saturated carbocycles. The number of aromatic nitrogens is 2. The van der Waals surface area contributed by atoms with Crippen molar-refractivity contribution in [3.63, 3.8) is 0 Å². The van der Waals surface area contributed by atoms with Gasteiger partial charge in [-0.15, -0.1) is 0 Å². The summed E-state index contributed by atoms with van der Waals surface area (Å²) >= 11 is 6.37. The molecule has 1 aliphatic rings. The number of hydrogen-bond acceptors (Lipinski definition) is 5. The molecule has 23 heavy (non-hydrogen) atoms. The third-order valence-electron chi connectivity index (χ3n) is 4.10. The fourth-order valence-corrected chi connectivity index (χ4v) is 3.32. The molecule has 0 radical (unpaired) electrons. The summed E-state index contributed by atoms with van der Waals surface area (Å²) in [6.45, 7) is 0.187. The van der Waals surface area contributed by atoms with Gasteiger partial charge in [0.25, 0.3) is 0 Å². The molecule has 6 heteroatoms. The number of nitrogens with zero attached hydrogens (tertiary/aromatic N) is 2. The maximum atomic E-state index is 9.80. The van der Waals surface area contributed by atoms with Gasteiger partial charge in [0.05, 0.1) is 24.0 Å². The highest BCUT2D eigenvalue weighted by molar-refractivity contribution is 6.35. The Kier molecular flexibility index (Phi) is 3.32. The maximum absolute atomic E-state index is 9.80. The lowest BCUT2D eigenvalue weighted by Gasteiger charge is -2.26. The van der Waals surface area contributed by atoms with Crippen molar-refractivity contribution in [2.24, 2.45) is 0 Å². The SMILES string of the molecule is Oc1nc(O)c2c(n1)CC(c1cccc3cccc(Cl)c13)OC2. The summed E-state index contributed by atoms with van der Waals surface area (Å²) in [5.41, 5.74) is 2.08. The molecular formula is C17H13ClN2O3. The van der Waals surface area contributed by atoms with Crippen LogP contribution in [0.5, 0.6) is 11.9 Å². The molecule has 1 unspecified atom stereocenters. The van der Waals surface area contributed by atoms with Crippen molar-refractivity contribution in [3.05, 3.63) is 58.2 Å². The summed E-state index contributed by atoms with van der Waals surface area (Å²) in [5.74, 6) is -0.234. The van der Waals surface area contributed by atoms with Crippen LogP contribution >= 0.6 is 11.6 Å². The van der Waals surface area contributed by atoms with Crippen LogP contribution in [0.1, 0.15) is 22.9 Å². The topological polar surface area (TPSA) is 75.5 Å². The molecule has 116 valence electrons. The quantitative estimate of drug-likeness (QED) is 0.715. The van der Waals surface area contributed by atoms with Gasteiger partial charge in [-0.25, -0.2) is 0 Å². The van der Waals surface area contributed by atoms with E-state index in [1.165, 1.54) is 0 Å². The molecule has 0 fully saturated rings. The molecule has 1 aromatic heterocycles. The lowest BCUT2D eigenvalue weighted by atomic mass is 9.95. The highest BCUT2D eigenvalue weighted by Gasteiger charge is 2.27. The van der Waals surface area contributed by atoms with Crippen LogP contribution in [-0.4, -0.2) is 20.2 Å². The minimum atomic E-state index is -0.433. The van der Waals surface area contributed by atoms with E-state index in [-0.39, 0.29) is 18.6 Å². The molecule has 1 aliphatic heterocycles. The molecule has 3 aromatic rings. The zero-order valence-corrected chi connectivity index (χ0v) is 12.8. The van der Waals surface area contributed by atoms with E-state index in [1.807, 2.05) is 36.4 Å². The van der Waals surface area contributed by atoms with Gasteiger partial charge in [-0.2, -0.15) is 9.97 Å². The molecule has 2 heterocycles. The zero-order valence-electron chi connectivity index (χ0n) is 12.0. The van der Waals surface area contributed by atoms with Gasteiger partial charge in [0, 0.05) is 16.8 Å². The summed E-state index contributed by atoms with van der Waals surface area (Å²) < 4.78 is 5.89. The lowest BCUT2D eigenvalue weighted by molar-refractivity contribution is 0.0248. The number of rotatable bonds is 1. The third-order valence-corrected chi connectivity index (χ3v) is 4.41. The van der Waals surface area contributed by atoms with Gasteiger partial charge in [-0.1, -0.05) is 41.9 Å². The number of aromatic hydroxyl groups is 2. The van der Waals surface area contributed by atoms with Gasteiger partial charge in [0.15, 0.2) is 0 Å². The van der Waals surface area contributed by atoms with Crippen molar-refractivity contribution in [3.8, 4) is 11.9 Å². The Hall–Kier alpha value is -2.37. The van der Waals surface area contributed by atoms with Gasteiger partial charge < -0.3 is 14.9 Å². The molecule has 4 rings (SSSR count). The van der Waals surface area contributed by atoms with E-state index in [2.05, 4.69) is 9.97 Å². The average molecular weight is 329 g/mol. The summed E-state index contributed by atoms with van der Waals surface area (Å²) in [6, 6.07) is 11.3. The molecular weight excluding hydrogens is 316 g/mol. The standard InChI is InChI=1S/C17H13ClN2O3/c18-12-6-2-4-9-3-1-5-10(15(9)12)14-7-13-11(8-23-14)16(21)20-17(22)19-13/h1-6,14H,7-8H2,(H2,19,20,21,22). The van der Waals surface area contributed by atoms with Crippen LogP contribution in [0, 0.1) is 0 Å². The van der Waals surface area contributed by atoms with Crippen molar-refractivity contribution >= 4 is 22.4 Å². The summed E-state index contributed by atoms with van der Waals surface area (Å²) in [4.78, 5) is 7.57. The fourth-order valence-electron chi connectivity index (χ4n) is 3.03. The smallest absolute Gasteiger partial charge is 0.317 e. The second kappa shape index (κ2) is 5.37. The molecule has 5 nitrogen and oxygen atoms in total. The largest absolute Gasteiger partial charge is 0.493 e. The Morgan fingerprint density at radius 3 is 2.70 bits per heavy atom. The predicted octanol–water partition coefficient (Wildman–Crippen LogP) is 3.51. The third kappa shape index (κ3) is 2.38. The Bertz CT molecular complexity index is 908. The van der Waals surface area contributed by atoms with Crippen LogP contribution in [0.15, 0.2) is 36.4 Å². The van der Waals surface area contributed by atoms with E-state index >= 15 is 0 Å². The van der Waals surface area contributed by atoms with Crippen molar-refractivity contribution < 1.29 is 14.9 Å². The number of halogens is 1. The fraction of sp³-hybridized carbons (Fsp3) is 0.176. The van der Waals surface area contributed by atoms with E-state index in [0.717, 1.165) is 16.3 Å². The Labute approximate surface area is 137 Å². The zero-order chi connectivity index (χ0) is 16.0. The molecule has 0 aliphatic carbocycles. The summed E-state index contributed by atoms with van der Waals surface area (Å²) in [7, 11) is 0. The van der Waals surface area contributed by atoms with Crippen LogP contribution in [0.25, 0.3) is 10.8 Å². The first-order chi connectivity index (χ1) is 11.1. The maximum Gasteiger partial charge on any atom is 0.317 e. The van der Waals surface area contributed by atoms with Gasteiger partial charge >= 0.3 is 6.01 Å². The van der Waals surface area contributed by atoms with Crippen LogP contribution in [0.3, 0.4) is 0 Å². The van der Waals surface area contributed by atoms with Crippen molar-refractivity contribution in [2.75, 3.05) is 0 Å². The first-order valence-corrected chi connectivity index (χ1v) is 7.58. The molecule has 0 bridgehead atoms. The number of benzene rings is 2. The molecule has 1 atom stereocenters. The number of hydrogen-bond donors (Lipinski definition) is 2. The predicted molar refractivity (Wildman–Crippen MR) is 85.6 cm³/mol. The number of fused-ring (bicyclic) bond motifs is 2. The van der Waals surface area contributed by atoms with Gasteiger partial charge in [0.2, 0.25) is 5.88 Å². The second-order valence-electron chi connectivity index (χ2n) is 5.46. The van der Waals surface area contributed by atoms with Crippen molar-refractivity contribution in [2.45, 2.75) is 19.1 Å². The second-order valence-corrected chi connectivity index (χ2v) is 5.87. The number of ether oxygens (including phenoxy) is 1. The van der Waals surface area contributed by atoms with Gasteiger partial charge in [-0.05, 0) is 17.0 Å². The van der Waals surface area contributed by atoms with E-state index in [0.29, 0.717) is 22.7 Å². The molecule has 2 aromatic carbocycles. The average Bonchev–Trinajstić information content (AvgIpc) is 2.54. The van der Waals surface area contributed by atoms with Crippen LogP contribution in [0.2, 0.25) is 5.02 Å². The van der Waals surface area contributed by atoms with E-state index in [9.17, 15) is 10.2 Å². The normalized spacial score (nSPS) is 17.2. The van der Waals surface area contributed by atoms with Crippen molar-refractivity contribution in [1.29, 1.82) is 0 Å². The van der Waals surface area contributed by atoms with E-state index in [1.54, 1.807) is 0 Å². The van der Waals surface area contributed by atoms with Crippen LogP contribution < -0.4 is 0 Å². The molecule has 2 N–H and O–H groups in total. The van der Waals surface area contributed by atoms with Gasteiger partial charge in [-0.3, -0.25) is 0 Å². The minimum absolute atomic E-state index is 0.187. The van der Waals surface area contributed by atoms with Gasteiger partial charge in [0.1, 0.15) is 0 Å². The molecule has 0 spiro atoms. The first kappa shape index (κ1) is 14.2. The first-order valence-electron chi connectivity index (χ1n) is 7.20. The van der Waals surface area contributed by atoms with Crippen LogP contribution in [-0.2, 0) is 17.8 Å². The van der Waals surface area contributed by atoms with E-state index < -0.39 is 6.01 Å². The van der Waals surface area contributed by atoms with Crippen molar-refractivity contribution in [1.82, 2.24) is 9.97 Å². The molecule has 0 amide bonds. The Morgan fingerprint density at radius 1 is 1.09 bits per heavy atom. The highest BCUT2D eigenvalue weighted by Crippen LogP contribution is 2.38.